The lowest BCUT2D eigenvalue weighted by molar-refractivity contribution is -0.182. The first-order chi connectivity index (χ1) is 17.9. The molecule has 2 bridgehead atoms. The van der Waals surface area contributed by atoms with Gasteiger partial charge in [-0.3, -0.25) is 14.2 Å². The van der Waals surface area contributed by atoms with Crippen molar-refractivity contribution in [3.63, 3.8) is 0 Å². The van der Waals surface area contributed by atoms with Crippen molar-refractivity contribution in [3.8, 4) is 5.75 Å². The summed E-state index contributed by atoms with van der Waals surface area (Å²) in [6.45, 7) is 1.65. The Morgan fingerprint density at radius 1 is 1.18 bits per heavy atom. The van der Waals surface area contributed by atoms with Crippen molar-refractivity contribution in [1.29, 1.82) is 0 Å². The third-order valence-electron chi connectivity index (χ3n) is 7.66. The zero-order valence-electron chi connectivity index (χ0n) is 21.7. The molecule has 4 heterocycles. The van der Waals surface area contributed by atoms with Gasteiger partial charge in [0.25, 0.3) is 11.5 Å². The summed E-state index contributed by atoms with van der Waals surface area (Å²) in [6, 6.07) is 8.24. The maximum absolute atomic E-state index is 14.4. The van der Waals surface area contributed by atoms with E-state index in [9.17, 15) is 22.8 Å². The van der Waals surface area contributed by atoms with E-state index in [1.807, 2.05) is 4.90 Å². The van der Waals surface area contributed by atoms with Crippen molar-refractivity contribution in [2.45, 2.75) is 56.7 Å². The van der Waals surface area contributed by atoms with Gasteiger partial charge in [0.2, 0.25) is 5.95 Å². The number of benzene rings is 1. The molecule has 0 aliphatic carbocycles. The van der Waals surface area contributed by atoms with Crippen molar-refractivity contribution in [2.24, 2.45) is 0 Å². The molecule has 3 aliphatic rings. The first-order valence-corrected chi connectivity index (χ1v) is 12.7. The van der Waals surface area contributed by atoms with Crippen LogP contribution in [0.2, 0.25) is 0 Å². The number of aromatic nitrogens is 2. The summed E-state index contributed by atoms with van der Waals surface area (Å²) in [7, 11) is 3.27. The lowest BCUT2D eigenvalue weighted by atomic mass is 10.00. The maximum Gasteiger partial charge on any atom is 0.413 e. The van der Waals surface area contributed by atoms with Crippen molar-refractivity contribution < 1.29 is 27.4 Å². The minimum atomic E-state index is -4.58. The van der Waals surface area contributed by atoms with Crippen LogP contribution in [-0.4, -0.2) is 84.6 Å². The maximum atomic E-state index is 14.4. The molecule has 9 nitrogen and oxygen atoms in total. The van der Waals surface area contributed by atoms with E-state index in [1.54, 1.807) is 38.4 Å². The molecular formula is C26H32F3N5O4. The normalized spacial score (nSPS) is 24.5. The van der Waals surface area contributed by atoms with Gasteiger partial charge in [0.05, 0.1) is 18.8 Å². The van der Waals surface area contributed by atoms with Gasteiger partial charge in [-0.2, -0.15) is 18.2 Å². The number of halogens is 3. The number of rotatable bonds is 7. The van der Waals surface area contributed by atoms with Gasteiger partial charge in [0.15, 0.2) is 12.1 Å². The van der Waals surface area contributed by atoms with Gasteiger partial charge in [-0.15, -0.1) is 0 Å². The number of carbonyl (C=O) groups is 1. The molecule has 3 atom stereocenters. The Labute approximate surface area is 218 Å². The lowest BCUT2D eigenvalue weighted by Gasteiger charge is -2.37. The third-order valence-corrected chi connectivity index (χ3v) is 7.66. The minimum Gasteiger partial charge on any atom is -0.484 e. The highest BCUT2D eigenvalue weighted by molar-refractivity contribution is 5.77. The van der Waals surface area contributed by atoms with Crippen LogP contribution < -0.4 is 20.1 Å². The molecule has 2 unspecified atom stereocenters. The van der Waals surface area contributed by atoms with E-state index in [2.05, 4.69) is 4.98 Å². The predicted octanol–water partition coefficient (Wildman–Crippen LogP) is 2.46. The molecule has 12 heteroatoms. The van der Waals surface area contributed by atoms with Gasteiger partial charge in [0, 0.05) is 39.8 Å². The smallest absolute Gasteiger partial charge is 0.413 e. The summed E-state index contributed by atoms with van der Waals surface area (Å²) < 4.78 is 55.6. The zero-order valence-corrected chi connectivity index (χ0v) is 21.7. The van der Waals surface area contributed by atoms with Crippen LogP contribution in [-0.2, 0) is 22.5 Å². The van der Waals surface area contributed by atoms with Gasteiger partial charge in [0.1, 0.15) is 11.6 Å². The highest BCUT2D eigenvalue weighted by Crippen LogP contribution is 2.43. The number of hydrogen-bond acceptors (Lipinski definition) is 7. The van der Waals surface area contributed by atoms with E-state index < -0.39 is 23.8 Å². The second-order valence-corrected chi connectivity index (χ2v) is 10.6. The van der Waals surface area contributed by atoms with Crippen LogP contribution in [0.1, 0.15) is 25.3 Å². The van der Waals surface area contributed by atoms with Gasteiger partial charge < -0.3 is 24.2 Å². The topological polar surface area (TPSA) is 80.1 Å². The van der Waals surface area contributed by atoms with E-state index in [0.717, 1.165) is 29.9 Å². The van der Waals surface area contributed by atoms with E-state index in [1.165, 1.54) is 15.9 Å². The van der Waals surface area contributed by atoms with Crippen LogP contribution in [0, 0.1) is 0 Å². The van der Waals surface area contributed by atoms with Crippen molar-refractivity contribution in [1.82, 2.24) is 14.5 Å². The number of nitrogens with zero attached hydrogens (tertiary/aromatic N) is 5. The first-order valence-electron chi connectivity index (χ1n) is 12.7. The molecule has 1 amide bonds. The molecule has 1 aromatic carbocycles. The molecule has 2 fully saturated rings. The Morgan fingerprint density at radius 3 is 2.45 bits per heavy atom. The first kappa shape index (κ1) is 26.3. The van der Waals surface area contributed by atoms with Crippen molar-refractivity contribution in [2.75, 3.05) is 50.1 Å². The minimum absolute atomic E-state index is 0.0135. The molecule has 2 aromatic rings. The van der Waals surface area contributed by atoms with E-state index in [-0.39, 0.29) is 37.2 Å². The van der Waals surface area contributed by atoms with E-state index >= 15 is 0 Å². The summed E-state index contributed by atoms with van der Waals surface area (Å²) in [5.74, 6) is 0.743. The highest BCUT2D eigenvalue weighted by atomic mass is 19.4. The number of hydrogen-bond donors (Lipinski definition) is 0. The predicted molar refractivity (Wildman–Crippen MR) is 135 cm³/mol. The summed E-state index contributed by atoms with van der Waals surface area (Å²) in [5, 5.41) is 0. The van der Waals surface area contributed by atoms with Crippen LogP contribution in [0.3, 0.4) is 0 Å². The number of ether oxygens (including phenoxy) is 2. The van der Waals surface area contributed by atoms with Gasteiger partial charge in [-0.1, -0.05) is 12.1 Å². The number of alkyl halides is 3. The second kappa shape index (κ2) is 9.79. The fraction of sp³-hybridized carbons (Fsp3) is 0.577. The summed E-state index contributed by atoms with van der Waals surface area (Å²) in [4.78, 5) is 33.9. The van der Waals surface area contributed by atoms with E-state index in [0.29, 0.717) is 31.1 Å². The average molecular weight is 536 g/mol. The molecule has 38 heavy (non-hydrogen) atoms. The molecule has 1 aromatic heterocycles. The number of fused-ring (bicyclic) bond motifs is 3. The number of likely N-dealkylation sites (N-methyl/N-ethyl adjacent to an activating group) is 1. The molecule has 0 radical (unpaired) electrons. The fourth-order valence-corrected chi connectivity index (χ4v) is 5.27. The average Bonchev–Trinajstić information content (AvgIpc) is 3.37. The SMILES string of the molecule is CN(C)C(=O)COc1ccc(CCN2c3nc(N4CC5CC[C@@H](C4)O5)cc(=O)n3CC2(C)C(F)(F)F)cc1. The molecule has 206 valence electrons. The Morgan fingerprint density at radius 2 is 1.84 bits per heavy atom. The molecule has 0 N–H and O–H groups in total. The molecule has 0 saturated carbocycles. The Kier molecular flexibility index (Phi) is 6.79. The van der Waals surface area contributed by atoms with Crippen LogP contribution in [0.15, 0.2) is 35.1 Å². The lowest BCUT2D eigenvalue weighted by Crippen LogP contribution is -2.56. The zero-order chi connectivity index (χ0) is 27.2. The summed E-state index contributed by atoms with van der Waals surface area (Å²) >= 11 is 0. The van der Waals surface area contributed by atoms with Crippen LogP contribution in [0.5, 0.6) is 5.75 Å². The summed E-state index contributed by atoms with van der Waals surface area (Å²) in [6.07, 6.45) is -2.32. The van der Waals surface area contributed by atoms with Gasteiger partial charge >= 0.3 is 6.18 Å². The van der Waals surface area contributed by atoms with E-state index in [4.69, 9.17) is 9.47 Å². The Balaban J connectivity index is 1.36. The second-order valence-electron chi connectivity index (χ2n) is 10.6. The van der Waals surface area contributed by atoms with Crippen LogP contribution in [0.4, 0.5) is 24.9 Å². The van der Waals surface area contributed by atoms with Crippen LogP contribution in [0.25, 0.3) is 0 Å². The molecular weight excluding hydrogens is 503 g/mol. The number of carbonyl (C=O) groups excluding carboxylic acids is 1. The standard InChI is InChI=1S/C26H32F3N5O4/c1-25(26(27,28)29)16-33-22(35)12-21(32-13-19-8-9-20(14-32)38-19)30-24(33)34(25)11-10-17-4-6-18(7-5-17)37-15-23(36)31(2)3/h4-7,12,19-20H,8-11,13-16H2,1-3H3/t19-,20?,25?/m0/s1. The van der Waals surface area contributed by atoms with Gasteiger partial charge in [-0.25, -0.2) is 0 Å². The Hall–Kier alpha value is -3.28. The fourth-order valence-electron chi connectivity index (χ4n) is 5.27. The number of morpholine rings is 1. The van der Waals surface area contributed by atoms with Crippen molar-refractivity contribution >= 4 is 17.7 Å². The molecule has 5 rings (SSSR count). The van der Waals surface area contributed by atoms with Gasteiger partial charge in [-0.05, 0) is 43.9 Å². The van der Waals surface area contributed by atoms with Crippen molar-refractivity contribution in [3.05, 3.63) is 46.2 Å². The quantitative estimate of drug-likeness (QED) is 0.539. The Bertz CT molecular complexity index is 1240. The molecule has 0 spiro atoms. The molecule has 3 aliphatic heterocycles. The monoisotopic (exact) mass is 535 g/mol. The third kappa shape index (κ3) is 4.93. The molecule has 2 saturated heterocycles. The number of anilines is 2. The van der Waals surface area contributed by atoms with Crippen LogP contribution >= 0.6 is 0 Å². The summed E-state index contributed by atoms with van der Waals surface area (Å²) in [5.41, 5.74) is -1.97. The number of amides is 1. The highest BCUT2D eigenvalue weighted by Gasteiger charge is 2.59. The largest absolute Gasteiger partial charge is 0.484 e.